The number of likely N-dealkylation sites (tertiary alicyclic amines) is 2. The molecule has 0 aromatic carbocycles. The van der Waals surface area contributed by atoms with Crippen LogP contribution >= 0.6 is 0 Å². The number of hydrogen-bond donors (Lipinski definition) is 1. The fourth-order valence-electron chi connectivity index (χ4n) is 4.17. The number of piperidine rings is 2. The van der Waals surface area contributed by atoms with Gasteiger partial charge in [-0.1, -0.05) is 6.92 Å². The summed E-state index contributed by atoms with van der Waals surface area (Å²) in [6.45, 7) is 13.6. The first-order valence-corrected chi connectivity index (χ1v) is 9.97. The molecule has 0 atom stereocenters. The normalized spacial score (nSPS) is 22.2. The molecule has 0 spiro atoms. The van der Waals surface area contributed by atoms with Gasteiger partial charge in [-0.25, -0.2) is 0 Å². The molecule has 1 N–H and O–H groups in total. The molecule has 5 nitrogen and oxygen atoms in total. The van der Waals surface area contributed by atoms with Gasteiger partial charge in [-0.15, -0.1) is 0 Å². The first-order valence-electron chi connectivity index (χ1n) is 9.97. The van der Waals surface area contributed by atoms with E-state index < -0.39 is 0 Å². The molecule has 2 rings (SSSR count). The molecule has 0 aliphatic carbocycles. The molecule has 0 radical (unpaired) electrons. The fraction of sp³-hybridized carbons (Fsp3) is 0.947. The Morgan fingerprint density at radius 2 is 1.75 bits per heavy atom. The molecule has 2 heterocycles. The van der Waals surface area contributed by atoms with E-state index >= 15 is 0 Å². The lowest BCUT2D eigenvalue weighted by Crippen LogP contribution is -2.44. The summed E-state index contributed by atoms with van der Waals surface area (Å²) < 4.78 is 0. The maximum Gasteiger partial charge on any atom is 0.217 e. The third-order valence-corrected chi connectivity index (χ3v) is 5.73. The molecule has 2 aliphatic rings. The van der Waals surface area contributed by atoms with Crippen LogP contribution in [0.5, 0.6) is 0 Å². The molecule has 0 saturated carbocycles. The zero-order valence-electron chi connectivity index (χ0n) is 16.1. The van der Waals surface area contributed by atoms with E-state index in [2.05, 4.69) is 34.0 Å². The van der Waals surface area contributed by atoms with Crippen molar-refractivity contribution in [2.24, 2.45) is 5.92 Å². The lowest BCUT2D eigenvalue weighted by atomic mass is 9.96. The van der Waals surface area contributed by atoms with Crippen molar-refractivity contribution in [1.29, 1.82) is 0 Å². The Morgan fingerprint density at radius 3 is 2.33 bits per heavy atom. The molecule has 0 aromatic rings. The quantitative estimate of drug-likeness (QED) is 0.732. The van der Waals surface area contributed by atoms with Crippen LogP contribution in [0.15, 0.2) is 0 Å². The van der Waals surface area contributed by atoms with E-state index in [0.29, 0.717) is 6.04 Å². The summed E-state index contributed by atoms with van der Waals surface area (Å²) in [6, 6.07) is 0.399. The minimum atomic E-state index is 0. The Labute approximate surface area is 150 Å². The van der Waals surface area contributed by atoms with Crippen molar-refractivity contribution in [2.45, 2.75) is 52.0 Å². The van der Waals surface area contributed by atoms with Crippen LogP contribution in [0.3, 0.4) is 0 Å². The van der Waals surface area contributed by atoms with E-state index in [-0.39, 0.29) is 7.33 Å². The van der Waals surface area contributed by atoms with Gasteiger partial charge in [0.05, 0.1) is 0 Å². The van der Waals surface area contributed by atoms with Gasteiger partial charge in [0.25, 0.3) is 0 Å². The zero-order chi connectivity index (χ0) is 17.4. The Bertz CT molecular complexity index is 366. The van der Waals surface area contributed by atoms with E-state index in [1.807, 2.05) is 0 Å². The number of amides is 1. The van der Waals surface area contributed by atoms with E-state index in [1.54, 1.807) is 6.92 Å². The van der Waals surface area contributed by atoms with Gasteiger partial charge in [0.15, 0.2) is 0 Å². The van der Waals surface area contributed by atoms with Crippen molar-refractivity contribution in [3.8, 4) is 0 Å². The molecule has 2 saturated heterocycles. The van der Waals surface area contributed by atoms with Crippen molar-refractivity contribution in [3.05, 3.63) is 0 Å². The lowest BCUT2D eigenvalue weighted by Gasteiger charge is -2.34. The predicted molar refractivity (Wildman–Crippen MR) is 102 cm³/mol. The van der Waals surface area contributed by atoms with E-state index in [4.69, 9.17) is 0 Å². The molecular formula is C19H40N4O. The first-order chi connectivity index (χ1) is 11.6. The second kappa shape index (κ2) is 10.4. The number of carbonyl (C=O) groups excluding carboxylic acids is 1. The summed E-state index contributed by atoms with van der Waals surface area (Å²) in [5.41, 5.74) is 0. The minimum absolute atomic E-state index is 0. The molecular weight excluding hydrogens is 300 g/mol. The van der Waals surface area contributed by atoms with Gasteiger partial charge >= 0.3 is 0 Å². The Hall–Kier alpha value is -0.650. The number of hydrogen-bond acceptors (Lipinski definition) is 4. The number of carbonyl (C=O) groups is 1. The highest BCUT2D eigenvalue weighted by Crippen LogP contribution is 2.18. The van der Waals surface area contributed by atoms with Crippen LogP contribution in [0.2, 0.25) is 0 Å². The summed E-state index contributed by atoms with van der Waals surface area (Å²) in [7, 11) is 2.29. The minimum Gasteiger partial charge on any atom is -0.354 e. The second-order valence-corrected chi connectivity index (χ2v) is 7.81. The number of rotatable bonds is 8. The average molecular weight is 341 g/mol. The van der Waals surface area contributed by atoms with Crippen molar-refractivity contribution < 1.29 is 6.22 Å². The molecule has 24 heavy (non-hydrogen) atoms. The van der Waals surface area contributed by atoms with Crippen LogP contribution in [0.25, 0.3) is 0 Å². The summed E-state index contributed by atoms with van der Waals surface area (Å²) >= 11 is 0. The van der Waals surface area contributed by atoms with Gasteiger partial charge < -0.3 is 20.0 Å². The van der Waals surface area contributed by atoms with Crippen LogP contribution in [0, 0.1) is 5.92 Å². The second-order valence-electron chi connectivity index (χ2n) is 7.81. The highest BCUT2D eigenvalue weighted by Gasteiger charge is 2.21. The third-order valence-electron chi connectivity index (χ3n) is 5.73. The highest BCUT2D eigenvalue weighted by atomic mass is 16.1. The van der Waals surface area contributed by atoms with Gasteiger partial charge in [0.2, 0.25) is 5.91 Å². The topological polar surface area (TPSA) is 38.8 Å². The number of nitrogens with zero attached hydrogens (tertiary/aromatic N) is 3. The smallest absolute Gasteiger partial charge is 0.217 e. The summed E-state index contributed by atoms with van der Waals surface area (Å²) in [6.07, 6.45) is 6.20. The van der Waals surface area contributed by atoms with Crippen LogP contribution in [0.4, 0.5) is 0 Å². The monoisotopic (exact) mass is 340 g/mol. The molecule has 2 fully saturated rings. The summed E-state index contributed by atoms with van der Waals surface area (Å²) in [5, 5.41) is 3.05. The van der Waals surface area contributed by atoms with Crippen LogP contribution in [0.1, 0.15) is 47.4 Å². The van der Waals surface area contributed by atoms with Crippen LogP contribution in [-0.2, 0) is 4.79 Å². The van der Waals surface area contributed by atoms with E-state index in [1.165, 1.54) is 58.5 Å². The molecule has 0 unspecified atom stereocenters. The summed E-state index contributed by atoms with van der Waals surface area (Å²) in [4.78, 5) is 18.8. The lowest BCUT2D eigenvalue weighted by molar-refractivity contribution is -0.119. The van der Waals surface area contributed by atoms with Gasteiger partial charge in [0.1, 0.15) is 0 Å². The zero-order valence-corrected chi connectivity index (χ0v) is 16.1. The summed E-state index contributed by atoms with van der Waals surface area (Å²) in [5.74, 6) is 1.01. The van der Waals surface area contributed by atoms with E-state index in [9.17, 15) is 4.79 Å². The number of nitrogens with one attached hydrogen (secondary N) is 1. The molecule has 1 amide bonds. The maximum absolute atomic E-state index is 11.1. The Kier molecular flexibility index (Phi) is 8.50. The van der Waals surface area contributed by atoms with Crippen molar-refractivity contribution in [3.63, 3.8) is 0 Å². The maximum atomic E-state index is 11.1. The molecule has 5 heteroatoms. The largest absolute Gasteiger partial charge is 0.354 e. The molecule has 0 aromatic heterocycles. The van der Waals surface area contributed by atoms with Crippen molar-refractivity contribution >= 4 is 5.91 Å². The fourth-order valence-corrected chi connectivity index (χ4v) is 4.17. The average Bonchev–Trinajstić information content (AvgIpc) is 2.57. The molecule has 2 aliphatic heterocycles. The Balaban J connectivity index is 0.00000312. The molecule has 0 bridgehead atoms. The van der Waals surface area contributed by atoms with Crippen molar-refractivity contribution in [2.75, 3.05) is 59.4 Å². The standard InChI is InChI=1S/C19H38N4O.H2/c1-4-22-12-6-18(7-13-22)16-21(3)10-5-11-23-14-8-19(9-15-23)20-17(2)24;/h18-19H,4-16H2,1-3H3,(H,20,24);1H. The van der Waals surface area contributed by atoms with Gasteiger partial charge in [-0.05, 0) is 77.8 Å². The SMILES string of the molecule is CCN1CCC(CN(C)CCCN2CCC(NC(C)=O)CC2)CC1.[HH]. The highest BCUT2D eigenvalue weighted by molar-refractivity contribution is 5.73. The van der Waals surface area contributed by atoms with Crippen LogP contribution in [-0.4, -0.2) is 86.1 Å². The first kappa shape index (κ1) is 19.7. The molecule has 142 valence electrons. The van der Waals surface area contributed by atoms with Crippen LogP contribution < -0.4 is 5.32 Å². The van der Waals surface area contributed by atoms with Gasteiger partial charge in [-0.3, -0.25) is 4.79 Å². The predicted octanol–water partition coefficient (Wildman–Crippen LogP) is 1.89. The Morgan fingerprint density at radius 1 is 1.12 bits per heavy atom. The van der Waals surface area contributed by atoms with Crippen molar-refractivity contribution in [1.82, 2.24) is 20.0 Å². The van der Waals surface area contributed by atoms with Gasteiger partial charge in [0, 0.05) is 34.0 Å². The van der Waals surface area contributed by atoms with Gasteiger partial charge in [-0.2, -0.15) is 0 Å². The third kappa shape index (κ3) is 7.08. The van der Waals surface area contributed by atoms with E-state index in [0.717, 1.165) is 31.8 Å².